The summed E-state index contributed by atoms with van der Waals surface area (Å²) in [5.74, 6) is -1.25. The first kappa shape index (κ1) is 26.5. The minimum Gasteiger partial charge on any atom is -0.485 e. The van der Waals surface area contributed by atoms with Crippen molar-refractivity contribution in [1.29, 1.82) is 0 Å². The van der Waals surface area contributed by atoms with Crippen molar-refractivity contribution in [3.05, 3.63) is 80.1 Å². The molecule has 1 aromatic carbocycles. The molecule has 3 atom stereocenters. The molecule has 1 fully saturated rings. The molecular weight excluding hydrogens is 608 g/mol. The summed E-state index contributed by atoms with van der Waals surface area (Å²) in [6.45, 7) is 2.62. The fraction of sp³-hybridized carbons (Fsp3) is 0.333. The van der Waals surface area contributed by atoms with Crippen molar-refractivity contribution >= 4 is 55.1 Å². The number of thioether (sulfide) groups is 1. The molecule has 1 aliphatic heterocycles. The Labute approximate surface area is 240 Å². The van der Waals surface area contributed by atoms with Crippen LogP contribution in [0.3, 0.4) is 0 Å². The normalized spacial score (nSPS) is 23.9. The van der Waals surface area contributed by atoms with E-state index in [4.69, 9.17) is 15.2 Å². The molecule has 4 heterocycles. The van der Waals surface area contributed by atoms with E-state index in [9.17, 15) is 4.39 Å². The maximum absolute atomic E-state index is 15.3. The maximum atomic E-state index is 15.3. The van der Waals surface area contributed by atoms with Gasteiger partial charge in [-0.05, 0) is 59.1 Å². The first-order valence-corrected chi connectivity index (χ1v) is 14.7. The highest BCUT2D eigenvalue weighted by atomic mass is 79.9. The van der Waals surface area contributed by atoms with Crippen molar-refractivity contribution in [3.63, 3.8) is 0 Å². The number of aromatic nitrogens is 3. The number of hydrogen-bond donors (Lipinski definition) is 1. The number of nitrogens with two attached hydrogens (primary N) is 1. The highest BCUT2D eigenvalue weighted by molar-refractivity contribution is 9.10. The lowest BCUT2D eigenvalue weighted by atomic mass is 9.84. The molecular formula is C27H24BrF2N5O2S2. The van der Waals surface area contributed by atoms with Crippen LogP contribution in [0.1, 0.15) is 35.2 Å². The van der Waals surface area contributed by atoms with E-state index in [0.29, 0.717) is 40.9 Å². The van der Waals surface area contributed by atoms with Crippen LogP contribution >= 0.6 is 39.0 Å². The lowest BCUT2D eigenvalue weighted by Gasteiger charge is -2.34. The Morgan fingerprint density at radius 2 is 2.08 bits per heavy atom. The average molecular weight is 633 g/mol. The first-order chi connectivity index (χ1) is 18.7. The summed E-state index contributed by atoms with van der Waals surface area (Å²) in [6.07, 6.45) is 4.33. The number of pyridine rings is 2. The van der Waals surface area contributed by atoms with E-state index >= 15 is 4.39 Å². The molecule has 202 valence electrons. The fourth-order valence-electron chi connectivity index (χ4n) is 5.44. The molecule has 2 N–H and O–H groups in total. The number of methoxy groups -OCH3 is 1. The third kappa shape index (κ3) is 4.92. The maximum Gasteiger partial charge on any atom is 0.164 e. The van der Waals surface area contributed by atoms with Crippen molar-refractivity contribution in [2.45, 2.75) is 36.7 Å². The summed E-state index contributed by atoms with van der Waals surface area (Å²) in [5.41, 5.74) is 7.25. The summed E-state index contributed by atoms with van der Waals surface area (Å²) in [4.78, 5) is 18.1. The highest BCUT2D eigenvalue weighted by Crippen LogP contribution is 2.66. The second-order valence-electron chi connectivity index (χ2n) is 9.92. The molecule has 1 saturated carbocycles. The van der Waals surface area contributed by atoms with Gasteiger partial charge in [-0.25, -0.2) is 13.8 Å². The fourth-order valence-corrected chi connectivity index (χ4v) is 8.07. The van der Waals surface area contributed by atoms with E-state index in [1.807, 2.05) is 24.4 Å². The molecule has 7 nitrogen and oxygen atoms in total. The Bertz CT molecular complexity index is 1620. The Hall–Kier alpha value is -2.67. The van der Waals surface area contributed by atoms with Crippen LogP contribution in [-0.2, 0) is 23.3 Å². The van der Waals surface area contributed by atoms with Gasteiger partial charge in [0.05, 0.1) is 34.3 Å². The third-order valence-corrected chi connectivity index (χ3v) is 10.1. The van der Waals surface area contributed by atoms with Gasteiger partial charge in [-0.2, -0.15) is 0 Å². The van der Waals surface area contributed by atoms with Crippen molar-refractivity contribution in [2.24, 2.45) is 16.6 Å². The standard InChI is InChI=1S/C27H24BrF2N5O2S2/c1-26(20-9-27(20,13-36-2)39-25(31)35-26)17-5-14(6-18(29)23(17)30)7-19-24-15(3-4-32-19)8-16(10-33-24)37-11-22-34-21(28)12-38-22/h3-6,8,10,12,20H,7,9,11,13H2,1-2H3,(H2,31,35)/t20-,26+,27+/m0/s1. The van der Waals surface area contributed by atoms with Gasteiger partial charge in [0.25, 0.3) is 0 Å². The van der Waals surface area contributed by atoms with E-state index in [1.165, 1.54) is 29.2 Å². The zero-order chi connectivity index (χ0) is 27.4. The molecule has 12 heteroatoms. The number of thiazole rings is 1. The van der Waals surface area contributed by atoms with Crippen LogP contribution in [-0.4, -0.2) is 38.6 Å². The highest BCUT2D eigenvalue weighted by Gasteiger charge is 2.66. The summed E-state index contributed by atoms with van der Waals surface area (Å²) in [6, 6.07) is 6.63. The number of halogens is 3. The van der Waals surface area contributed by atoms with Crippen molar-refractivity contribution in [3.8, 4) is 5.75 Å². The molecule has 0 spiro atoms. The van der Waals surface area contributed by atoms with Crippen molar-refractivity contribution in [1.82, 2.24) is 15.0 Å². The molecule has 6 rings (SSSR count). The number of fused-ring (bicyclic) bond motifs is 2. The predicted molar refractivity (Wildman–Crippen MR) is 152 cm³/mol. The largest absolute Gasteiger partial charge is 0.485 e. The molecule has 0 amide bonds. The lowest BCUT2D eigenvalue weighted by molar-refractivity contribution is 0.184. The van der Waals surface area contributed by atoms with Crippen LogP contribution in [0.4, 0.5) is 8.78 Å². The Morgan fingerprint density at radius 3 is 2.85 bits per heavy atom. The van der Waals surface area contributed by atoms with Gasteiger partial charge in [0, 0.05) is 42.0 Å². The second kappa shape index (κ2) is 10.1. The molecule has 3 aromatic heterocycles. The summed E-state index contributed by atoms with van der Waals surface area (Å²) < 4.78 is 42.1. The van der Waals surface area contributed by atoms with Crippen LogP contribution in [0.2, 0.25) is 0 Å². The minimum absolute atomic E-state index is 0.0207. The summed E-state index contributed by atoms with van der Waals surface area (Å²) in [5, 5.41) is 3.92. The smallest absolute Gasteiger partial charge is 0.164 e. The molecule has 4 aromatic rings. The zero-order valence-electron chi connectivity index (χ0n) is 21.1. The number of nitrogens with zero attached hydrogens (tertiary/aromatic N) is 4. The SMILES string of the molecule is COC[C@]12C[C@H]1[C@@](C)(c1cc(Cc3nccc4cc(OCc5nc(Br)cs5)cnc34)cc(F)c1F)N=C(N)S2. The van der Waals surface area contributed by atoms with E-state index in [0.717, 1.165) is 21.4 Å². The zero-order valence-corrected chi connectivity index (χ0v) is 24.3. The van der Waals surface area contributed by atoms with Gasteiger partial charge in [-0.15, -0.1) is 11.3 Å². The van der Waals surface area contributed by atoms with Crippen LogP contribution in [0.5, 0.6) is 5.75 Å². The van der Waals surface area contributed by atoms with Crippen molar-refractivity contribution < 1.29 is 18.3 Å². The van der Waals surface area contributed by atoms with Gasteiger partial charge in [-0.3, -0.25) is 15.0 Å². The van der Waals surface area contributed by atoms with Gasteiger partial charge in [0.15, 0.2) is 16.8 Å². The molecule has 0 saturated heterocycles. The van der Waals surface area contributed by atoms with Gasteiger partial charge < -0.3 is 15.2 Å². The van der Waals surface area contributed by atoms with Gasteiger partial charge in [0.1, 0.15) is 22.0 Å². The molecule has 0 unspecified atom stereocenters. The first-order valence-electron chi connectivity index (χ1n) is 12.2. The number of rotatable bonds is 8. The Kier molecular flexibility index (Phi) is 6.85. The van der Waals surface area contributed by atoms with Crippen LogP contribution < -0.4 is 10.5 Å². The monoisotopic (exact) mass is 631 g/mol. The third-order valence-electron chi connectivity index (χ3n) is 7.28. The van der Waals surface area contributed by atoms with E-state index in [1.54, 1.807) is 25.6 Å². The Morgan fingerprint density at radius 1 is 1.23 bits per heavy atom. The topological polar surface area (TPSA) is 95.5 Å². The van der Waals surface area contributed by atoms with E-state index < -0.39 is 17.2 Å². The molecule has 0 radical (unpaired) electrons. The Balaban J connectivity index is 1.30. The van der Waals surface area contributed by atoms with Crippen molar-refractivity contribution in [2.75, 3.05) is 13.7 Å². The number of aliphatic imine (C=N–C) groups is 1. The van der Waals surface area contributed by atoms with Gasteiger partial charge in [0.2, 0.25) is 0 Å². The van der Waals surface area contributed by atoms with Crippen LogP contribution in [0.25, 0.3) is 10.9 Å². The summed E-state index contributed by atoms with van der Waals surface area (Å²) >= 11 is 6.30. The minimum atomic E-state index is -1.00. The van der Waals surface area contributed by atoms with E-state index in [-0.39, 0.29) is 22.6 Å². The number of hydrogen-bond acceptors (Lipinski definition) is 9. The van der Waals surface area contributed by atoms with Crippen LogP contribution in [0.15, 0.2) is 51.6 Å². The number of benzene rings is 1. The second-order valence-corrected chi connectivity index (χ2v) is 13.1. The van der Waals surface area contributed by atoms with Crippen LogP contribution in [0, 0.1) is 17.6 Å². The van der Waals surface area contributed by atoms with E-state index in [2.05, 4.69) is 35.9 Å². The van der Waals surface area contributed by atoms with Gasteiger partial charge in [-0.1, -0.05) is 11.8 Å². The number of amidine groups is 1. The average Bonchev–Trinajstić information content (AvgIpc) is 3.47. The summed E-state index contributed by atoms with van der Waals surface area (Å²) in [7, 11) is 1.63. The van der Waals surface area contributed by atoms with Gasteiger partial charge >= 0.3 is 0 Å². The predicted octanol–water partition coefficient (Wildman–Crippen LogP) is 5.98. The number of ether oxygens (including phenoxy) is 2. The quantitative estimate of drug-likeness (QED) is 0.256. The molecule has 0 bridgehead atoms. The lowest BCUT2D eigenvalue weighted by Crippen LogP contribution is -2.38. The molecule has 1 aliphatic carbocycles. The molecule has 39 heavy (non-hydrogen) atoms. The molecule has 2 aliphatic rings.